The number of nitrogens with zero attached hydrogens (tertiary/aromatic N) is 2. The molecule has 0 N–H and O–H groups in total. The number of ether oxygens (including phenoxy) is 1. The smallest absolute Gasteiger partial charge is 0.281 e. The highest BCUT2D eigenvalue weighted by molar-refractivity contribution is 7.10. The molecule has 32 heavy (non-hydrogen) atoms. The summed E-state index contributed by atoms with van der Waals surface area (Å²) in [5.74, 6) is 0.326. The van der Waals surface area contributed by atoms with Crippen LogP contribution in [-0.4, -0.2) is 29.5 Å². The first-order chi connectivity index (χ1) is 15.7. The maximum atomic E-state index is 13.1. The fourth-order valence-corrected chi connectivity index (χ4v) is 4.75. The molecule has 0 spiro atoms. The van der Waals surface area contributed by atoms with Crippen molar-refractivity contribution >= 4 is 40.0 Å². The molecule has 6 heteroatoms. The van der Waals surface area contributed by atoms with E-state index in [0.717, 1.165) is 33.2 Å². The number of aldehydes is 1. The molecule has 1 aromatic heterocycles. The van der Waals surface area contributed by atoms with Crippen LogP contribution in [0.15, 0.2) is 89.3 Å². The Kier molecular flexibility index (Phi) is 5.52. The summed E-state index contributed by atoms with van der Waals surface area (Å²) in [6, 6.07) is 24.9. The van der Waals surface area contributed by atoms with Crippen LogP contribution >= 0.6 is 11.3 Å². The van der Waals surface area contributed by atoms with Crippen molar-refractivity contribution in [2.75, 3.05) is 6.61 Å². The minimum absolute atomic E-state index is 0.130. The first kappa shape index (κ1) is 20.2. The molecule has 3 aromatic carbocycles. The summed E-state index contributed by atoms with van der Waals surface area (Å²) in [5, 5.41) is 10.6. The summed E-state index contributed by atoms with van der Waals surface area (Å²) in [7, 11) is 0. The summed E-state index contributed by atoms with van der Waals surface area (Å²) in [5.41, 5.74) is 2.50. The SMILES string of the molecule is O=Cc1ccc(OCC(=O)N2N=C(c3cccc4ccccc34)CC2c2cccs2)cc1. The van der Waals surface area contributed by atoms with Gasteiger partial charge in [-0.1, -0.05) is 48.5 Å². The van der Waals surface area contributed by atoms with Crippen LogP contribution in [0.1, 0.15) is 33.3 Å². The quantitative estimate of drug-likeness (QED) is 0.374. The van der Waals surface area contributed by atoms with Gasteiger partial charge in [0.2, 0.25) is 0 Å². The average Bonchev–Trinajstić information content (AvgIpc) is 3.53. The molecule has 5 nitrogen and oxygen atoms in total. The standard InChI is InChI=1S/C26H20N2O3S/c29-16-18-10-12-20(13-11-18)31-17-26(30)28-24(25-9-4-14-32-25)15-23(27-28)22-8-3-6-19-5-1-2-7-21(19)22/h1-14,16,24H,15,17H2. The van der Waals surface area contributed by atoms with E-state index in [2.05, 4.69) is 24.3 Å². The predicted octanol–water partition coefficient (Wildman–Crippen LogP) is 5.47. The molecule has 0 radical (unpaired) electrons. The largest absolute Gasteiger partial charge is 0.484 e. The number of amides is 1. The summed E-state index contributed by atoms with van der Waals surface area (Å²) in [6.45, 7) is -0.130. The first-order valence-electron chi connectivity index (χ1n) is 10.3. The van der Waals surface area contributed by atoms with Gasteiger partial charge in [0.15, 0.2) is 6.61 Å². The van der Waals surface area contributed by atoms with E-state index in [9.17, 15) is 9.59 Å². The second-order valence-corrected chi connectivity index (χ2v) is 8.50. The van der Waals surface area contributed by atoms with E-state index in [0.29, 0.717) is 17.7 Å². The molecule has 0 saturated heterocycles. The highest BCUT2D eigenvalue weighted by atomic mass is 32.1. The van der Waals surface area contributed by atoms with Crippen LogP contribution in [0.25, 0.3) is 10.8 Å². The third kappa shape index (κ3) is 3.92. The lowest BCUT2D eigenvalue weighted by atomic mass is 9.97. The number of hydrogen-bond donors (Lipinski definition) is 0. The monoisotopic (exact) mass is 440 g/mol. The zero-order valence-corrected chi connectivity index (χ0v) is 18.0. The van der Waals surface area contributed by atoms with Crippen LogP contribution in [0.2, 0.25) is 0 Å². The third-order valence-electron chi connectivity index (χ3n) is 5.52. The lowest BCUT2D eigenvalue weighted by Gasteiger charge is -2.20. The first-order valence-corrected chi connectivity index (χ1v) is 11.2. The molecule has 5 rings (SSSR count). The number of thiophene rings is 1. The molecular weight excluding hydrogens is 420 g/mol. The van der Waals surface area contributed by atoms with Crippen LogP contribution in [-0.2, 0) is 4.79 Å². The van der Waals surface area contributed by atoms with E-state index in [1.165, 1.54) is 0 Å². The van der Waals surface area contributed by atoms with Crippen LogP contribution in [0.5, 0.6) is 5.75 Å². The number of benzene rings is 3. The number of hydrazone groups is 1. The molecule has 158 valence electrons. The van der Waals surface area contributed by atoms with E-state index in [1.807, 2.05) is 35.7 Å². The molecule has 0 aliphatic carbocycles. The van der Waals surface area contributed by atoms with Gasteiger partial charge in [-0.05, 0) is 46.5 Å². The molecule has 1 aliphatic rings. The van der Waals surface area contributed by atoms with Crippen molar-refractivity contribution < 1.29 is 14.3 Å². The zero-order chi connectivity index (χ0) is 21.9. The summed E-state index contributed by atoms with van der Waals surface area (Å²) < 4.78 is 5.68. The highest BCUT2D eigenvalue weighted by Crippen LogP contribution is 2.36. The Morgan fingerprint density at radius 3 is 2.62 bits per heavy atom. The molecule has 2 heterocycles. The third-order valence-corrected chi connectivity index (χ3v) is 6.49. The van der Waals surface area contributed by atoms with E-state index < -0.39 is 0 Å². The Morgan fingerprint density at radius 1 is 1.03 bits per heavy atom. The molecule has 4 aromatic rings. The van der Waals surface area contributed by atoms with E-state index in [1.54, 1.807) is 40.6 Å². The second-order valence-electron chi connectivity index (χ2n) is 7.52. The highest BCUT2D eigenvalue weighted by Gasteiger charge is 2.34. The zero-order valence-electron chi connectivity index (χ0n) is 17.2. The van der Waals surface area contributed by atoms with E-state index >= 15 is 0 Å². The predicted molar refractivity (Wildman–Crippen MR) is 126 cm³/mol. The minimum atomic E-state index is -0.210. The Balaban J connectivity index is 1.42. The van der Waals surface area contributed by atoms with Crippen LogP contribution in [0.4, 0.5) is 0 Å². The van der Waals surface area contributed by atoms with Crippen LogP contribution in [0.3, 0.4) is 0 Å². The number of hydrogen-bond acceptors (Lipinski definition) is 5. The molecule has 0 bridgehead atoms. The van der Waals surface area contributed by atoms with Gasteiger partial charge in [0.25, 0.3) is 5.91 Å². The van der Waals surface area contributed by atoms with Crippen molar-refractivity contribution in [3.63, 3.8) is 0 Å². The Bertz CT molecular complexity index is 1290. The Labute approximate surface area is 189 Å². The lowest BCUT2D eigenvalue weighted by molar-refractivity contribution is -0.135. The molecule has 0 saturated carbocycles. The van der Waals surface area contributed by atoms with Gasteiger partial charge >= 0.3 is 0 Å². The van der Waals surface area contributed by atoms with Gasteiger partial charge in [0, 0.05) is 22.4 Å². The van der Waals surface area contributed by atoms with Crippen molar-refractivity contribution in [1.29, 1.82) is 0 Å². The summed E-state index contributed by atoms with van der Waals surface area (Å²) in [4.78, 5) is 25.0. The number of carbonyl (C=O) groups excluding carboxylic acids is 2. The van der Waals surface area contributed by atoms with Crippen molar-refractivity contribution in [2.24, 2.45) is 5.10 Å². The van der Waals surface area contributed by atoms with E-state index in [4.69, 9.17) is 9.84 Å². The van der Waals surface area contributed by atoms with E-state index in [-0.39, 0.29) is 18.6 Å². The normalized spacial score (nSPS) is 15.6. The maximum absolute atomic E-state index is 13.1. The number of rotatable bonds is 6. The number of fused-ring (bicyclic) bond motifs is 1. The van der Waals surface area contributed by atoms with Crippen molar-refractivity contribution in [1.82, 2.24) is 5.01 Å². The van der Waals surface area contributed by atoms with Gasteiger partial charge < -0.3 is 4.74 Å². The fourth-order valence-electron chi connectivity index (χ4n) is 3.94. The summed E-state index contributed by atoms with van der Waals surface area (Å²) in [6.07, 6.45) is 1.42. The Morgan fingerprint density at radius 2 is 1.84 bits per heavy atom. The lowest BCUT2D eigenvalue weighted by Crippen LogP contribution is -2.31. The van der Waals surface area contributed by atoms with Gasteiger partial charge in [-0.3, -0.25) is 9.59 Å². The summed E-state index contributed by atoms with van der Waals surface area (Å²) >= 11 is 1.62. The van der Waals surface area contributed by atoms with Crippen molar-refractivity contribution in [2.45, 2.75) is 12.5 Å². The molecule has 1 aliphatic heterocycles. The van der Waals surface area contributed by atoms with Crippen molar-refractivity contribution in [3.05, 3.63) is 100 Å². The topological polar surface area (TPSA) is 59.0 Å². The molecular formula is C26H20N2O3S. The van der Waals surface area contributed by atoms with Gasteiger partial charge in [-0.15, -0.1) is 11.3 Å². The Hall–Kier alpha value is -3.77. The average molecular weight is 441 g/mol. The molecule has 1 unspecified atom stereocenters. The minimum Gasteiger partial charge on any atom is -0.484 e. The van der Waals surface area contributed by atoms with Crippen LogP contribution < -0.4 is 4.74 Å². The van der Waals surface area contributed by atoms with Gasteiger partial charge in [0.1, 0.15) is 12.0 Å². The van der Waals surface area contributed by atoms with Crippen molar-refractivity contribution in [3.8, 4) is 5.75 Å². The van der Waals surface area contributed by atoms with Gasteiger partial charge in [0.05, 0.1) is 11.8 Å². The van der Waals surface area contributed by atoms with Gasteiger partial charge in [-0.25, -0.2) is 5.01 Å². The van der Waals surface area contributed by atoms with Gasteiger partial charge in [-0.2, -0.15) is 5.10 Å². The van der Waals surface area contributed by atoms with Crippen LogP contribution in [0, 0.1) is 0 Å². The molecule has 1 atom stereocenters. The number of carbonyl (C=O) groups is 2. The maximum Gasteiger partial charge on any atom is 0.281 e. The fraction of sp³-hybridized carbons (Fsp3) is 0.115. The second kappa shape index (κ2) is 8.77. The molecule has 1 amide bonds. The molecule has 0 fully saturated rings.